The van der Waals surface area contributed by atoms with Gasteiger partial charge in [-0.05, 0) is 56.5 Å². The molecule has 0 unspecified atom stereocenters. The third-order valence-corrected chi connectivity index (χ3v) is 4.53. The van der Waals surface area contributed by atoms with Crippen LogP contribution in [0, 0.1) is 13.8 Å². The van der Waals surface area contributed by atoms with Gasteiger partial charge in [0.25, 0.3) is 0 Å². The Labute approximate surface area is 149 Å². The summed E-state index contributed by atoms with van der Waals surface area (Å²) in [7, 11) is 0. The fraction of sp³-hybridized carbons (Fsp3) is 0.579. The fourth-order valence-electron chi connectivity index (χ4n) is 3.25. The summed E-state index contributed by atoms with van der Waals surface area (Å²) >= 11 is 0. The van der Waals surface area contributed by atoms with Crippen LogP contribution in [-0.4, -0.2) is 53.7 Å². The van der Waals surface area contributed by atoms with Crippen molar-refractivity contribution in [1.82, 2.24) is 10.2 Å². The van der Waals surface area contributed by atoms with Gasteiger partial charge in [-0.2, -0.15) is 0 Å². The van der Waals surface area contributed by atoms with Gasteiger partial charge in [0.1, 0.15) is 5.75 Å². The first-order valence-electron chi connectivity index (χ1n) is 8.83. The SMILES string of the molecule is CCN(CC(=O)O)C1CC(NC(=O)CCOc2cc(C)cc(C)c2)C1. The summed E-state index contributed by atoms with van der Waals surface area (Å²) in [4.78, 5) is 24.8. The van der Waals surface area contributed by atoms with Gasteiger partial charge >= 0.3 is 5.97 Å². The number of nitrogens with one attached hydrogen (secondary N) is 1. The van der Waals surface area contributed by atoms with Crippen molar-refractivity contribution in [3.63, 3.8) is 0 Å². The number of likely N-dealkylation sites (N-methyl/N-ethyl adjacent to an activating group) is 1. The molecule has 1 fully saturated rings. The lowest BCUT2D eigenvalue weighted by molar-refractivity contribution is -0.139. The average Bonchev–Trinajstić information content (AvgIpc) is 2.47. The summed E-state index contributed by atoms with van der Waals surface area (Å²) in [6.07, 6.45) is 1.94. The van der Waals surface area contributed by atoms with E-state index in [1.165, 1.54) is 0 Å². The van der Waals surface area contributed by atoms with Gasteiger partial charge < -0.3 is 15.2 Å². The highest BCUT2D eigenvalue weighted by atomic mass is 16.5. The van der Waals surface area contributed by atoms with Crippen LogP contribution in [0.15, 0.2) is 18.2 Å². The predicted molar refractivity (Wildman–Crippen MR) is 95.9 cm³/mol. The van der Waals surface area contributed by atoms with Crippen LogP contribution in [0.2, 0.25) is 0 Å². The number of aliphatic carboxylic acids is 1. The molecule has 25 heavy (non-hydrogen) atoms. The number of rotatable bonds is 9. The smallest absolute Gasteiger partial charge is 0.317 e. The zero-order chi connectivity index (χ0) is 18.4. The van der Waals surface area contributed by atoms with Gasteiger partial charge in [-0.15, -0.1) is 0 Å². The molecule has 0 bridgehead atoms. The molecule has 0 atom stereocenters. The summed E-state index contributed by atoms with van der Waals surface area (Å²) in [5, 5.41) is 11.9. The van der Waals surface area contributed by atoms with E-state index in [-0.39, 0.29) is 24.5 Å². The third kappa shape index (κ3) is 6.05. The van der Waals surface area contributed by atoms with Crippen LogP contribution < -0.4 is 10.1 Å². The van der Waals surface area contributed by atoms with Crippen LogP contribution in [0.4, 0.5) is 0 Å². The number of carboxylic acid groups (broad SMARTS) is 1. The molecule has 1 aliphatic carbocycles. The summed E-state index contributed by atoms with van der Waals surface area (Å²) in [5.74, 6) is -0.0340. The van der Waals surface area contributed by atoms with E-state index < -0.39 is 5.97 Å². The van der Waals surface area contributed by atoms with Crippen LogP contribution >= 0.6 is 0 Å². The largest absolute Gasteiger partial charge is 0.493 e. The first-order valence-corrected chi connectivity index (χ1v) is 8.83. The maximum atomic E-state index is 12.0. The summed E-state index contributed by atoms with van der Waals surface area (Å²) in [6, 6.07) is 6.39. The van der Waals surface area contributed by atoms with E-state index in [0.717, 1.165) is 29.7 Å². The Morgan fingerprint density at radius 2 is 1.88 bits per heavy atom. The molecule has 1 aliphatic rings. The molecule has 1 aromatic rings. The van der Waals surface area contributed by atoms with Crippen molar-refractivity contribution in [3.8, 4) is 5.75 Å². The molecule has 1 saturated carbocycles. The van der Waals surface area contributed by atoms with Gasteiger partial charge in [0.05, 0.1) is 19.6 Å². The van der Waals surface area contributed by atoms with Gasteiger partial charge in [-0.3, -0.25) is 14.5 Å². The number of carbonyl (C=O) groups excluding carboxylic acids is 1. The van der Waals surface area contributed by atoms with E-state index in [4.69, 9.17) is 9.84 Å². The molecular weight excluding hydrogens is 320 g/mol. The molecule has 0 heterocycles. The van der Waals surface area contributed by atoms with Gasteiger partial charge in [0.15, 0.2) is 0 Å². The standard InChI is InChI=1S/C19H28N2O4/c1-4-21(12-19(23)24)16-10-15(11-16)20-18(22)5-6-25-17-8-13(2)7-14(3)9-17/h7-9,15-16H,4-6,10-12H2,1-3H3,(H,20,22)(H,23,24). The highest BCUT2D eigenvalue weighted by Crippen LogP contribution is 2.25. The Balaban J connectivity index is 1.66. The molecule has 6 nitrogen and oxygen atoms in total. The molecule has 1 amide bonds. The van der Waals surface area contributed by atoms with Crippen molar-refractivity contribution < 1.29 is 19.4 Å². The Morgan fingerprint density at radius 3 is 2.44 bits per heavy atom. The minimum Gasteiger partial charge on any atom is -0.493 e. The first kappa shape index (κ1) is 19.2. The molecule has 2 rings (SSSR count). The van der Waals surface area contributed by atoms with E-state index in [1.807, 2.05) is 37.8 Å². The van der Waals surface area contributed by atoms with Crippen molar-refractivity contribution >= 4 is 11.9 Å². The molecule has 138 valence electrons. The molecule has 0 saturated heterocycles. The number of hydrogen-bond donors (Lipinski definition) is 2. The quantitative estimate of drug-likeness (QED) is 0.715. The molecule has 0 aromatic heterocycles. The lowest BCUT2D eigenvalue weighted by Crippen LogP contribution is -2.54. The molecule has 2 N–H and O–H groups in total. The summed E-state index contributed by atoms with van der Waals surface area (Å²) in [6.45, 7) is 7.12. The minimum absolute atomic E-state index is 0.0193. The highest BCUT2D eigenvalue weighted by molar-refractivity contribution is 5.76. The predicted octanol–water partition coefficient (Wildman–Crippen LogP) is 2.13. The van der Waals surface area contributed by atoms with Crippen molar-refractivity contribution in [2.24, 2.45) is 0 Å². The zero-order valence-corrected chi connectivity index (χ0v) is 15.2. The molecule has 6 heteroatoms. The number of hydrogen-bond acceptors (Lipinski definition) is 4. The topological polar surface area (TPSA) is 78.9 Å². The van der Waals surface area contributed by atoms with Crippen molar-refractivity contribution in [2.45, 2.75) is 52.1 Å². The number of carboxylic acids is 1. The molecule has 0 aliphatic heterocycles. The Morgan fingerprint density at radius 1 is 1.24 bits per heavy atom. The van der Waals surface area contributed by atoms with Gasteiger partial charge in [0.2, 0.25) is 5.91 Å². The second kappa shape index (κ2) is 8.85. The van der Waals surface area contributed by atoms with E-state index >= 15 is 0 Å². The van der Waals surface area contributed by atoms with E-state index in [0.29, 0.717) is 19.6 Å². The fourth-order valence-corrected chi connectivity index (χ4v) is 3.25. The first-order chi connectivity index (χ1) is 11.9. The van der Waals surface area contributed by atoms with Crippen LogP contribution in [0.25, 0.3) is 0 Å². The lowest BCUT2D eigenvalue weighted by atomic mass is 9.85. The van der Waals surface area contributed by atoms with Crippen LogP contribution in [0.3, 0.4) is 0 Å². The van der Waals surface area contributed by atoms with Gasteiger partial charge in [-0.1, -0.05) is 13.0 Å². The Bertz CT molecular complexity index is 591. The van der Waals surface area contributed by atoms with Crippen molar-refractivity contribution in [3.05, 3.63) is 29.3 Å². The molecule has 0 spiro atoms. The Hall–Kier alpha value is -2.08. The van der Waals surface area contributed by atoms with Crippen LogP contribution in [-0.2, 0) is 9.59 Å². The highest BCUT2D eigenvalue weighted by Gasteiger charge is 2.34. The second-order valence-corrected chi connectivity index (χ2v) is 6.77. The molecular formula is C19H28N2O4. The number of ether oxygens (including phenoxy) is 1. The van der Waals surface area contributed by atoms with Crippen LogP contribution in [0.5, 0.6) is 5.75 Å². The normalized spacial score (nSPS) is 19.4. The van der Waals surface area contributed by atoms with E-state index in [9.17, 15) is 9.59 Å². The monoisotopic (exact) mass is 348 g/mol. The number of benzene rings is 1. The van der Waals surface area contributed by atoms with Gasteiger partial charge in [0, 0.05) is 12.1 Å². The van der Waals surface area contributed by atoms with Gasteiger partial charge in [-0.25, -0.2) is 0 Å². The van der Waals surface area contributed by atoms with E-state index in [2.05, 4.69) is 11.4 Å². The number of nitrogens with zero attached hydrogens (tertiary/aromatic N) is 1. The lowest BCUT2D eigenvalue weighted by Gasteiger charge is -2.42. The maximum Gasteiger partial charge on any atom is 0.317 e. The molecule has 0 radical (unpaired) electrons. The number of aryl methyl sites for hydroxylation is 2. The number of amides is 1. The third-order valence-electron chi connectivity index (χ3n) is 4.53. The second-order valence-electron chi connectivity index (χ2n) is 6.77. The van der Waals surface area contributed by atoms with E-state index in [1.54, 1.807) is 0 Å². The minimum atomic E-state index is -0.808. The number of carbonyl (C=O) groups is 2. The maximum absolute atomic E-state index is 12.0. The summed E-state index contributed by atoms with van der Waals surface area (Å²) < 4.78 is 5.66. The summed E-state index contributed by atoms with van der Waals surface area (Å²) in [5.41, 5.74) is 2.28. The van der Waals surface area contributed by atoms with Crippen molar-refractivity contribution in [1.29, 1.82) is 0 Å². The Kier molecular flexibility index (Phi) is 6.82. The average molecular weight is 348 g/mol. The van der Waals surface area contributed by atoms with Crippen molar-refractivity contribution in [2.75, 3.05) is 19.7 Å². The molecule has 1 aromatic carbocycles. The zero-order valence-electron chi connectivity index (χ0n) is 15.2. The van der Waals surface area contributed by atoms with Crippen LogP contribution in [0.1, 0.15) is 37.3 Å².